The number of hydrogen-bond donors (Lipinski definition) is 0. The van der Waals surface area contributed by atoms with Gasteiger partial charge in [-0.25, -0.2) is 0 Å². The van der Waals surface area contributed by atoms with E-state index in [0.717, 1.165) is 25.7 Å². The molecule has 1 aromatic rings. The Kier molecular flexibility index (Phi) is 4.14. The maximum atomic E-state index is 11.5. The standard InChI is InChI=1S/C14H17NO4/c1-10(16)13-9-12(7-8-14(13)15(17)18)19-11-5-3-2-4-6-11/h7-9,11H,2-6H2,1H3. The van der Waals surface area contributed by atoms with Crippen molar-refractivity contribution in [2.75, 3.05) is 0 Å². The smallest absolute Gasteiger partial charge is 0.280 e. The molecule has 2 rings (SSSR count). The van der Waals surface area contributed by atoms with Crippen molar-refractivity contribution in [3.8, 4) is 5.75 Å². The summed E-state index contributed by atoms with van der Waals surface area (Å²) in [6.07, 6.45) is 5.71. The van der Waals surface area contributed by atoms with Gasteiger partial charge >= 0.3 is 0 Å². The molecule has 0 N–H and O–H groups in total. The number of nitro groups is 1. The molecule has 102 valence electrons. The Bertz CT molecular complexity index is 492. The molecule has 0 atom stereocenters. The molecule has 0 aromatic heterocycles. The summed E-state index contributed by atoms with van der Waals surface area (Å²) < 4.78 is 5.81. The van der Waals surface area contributed by atoms with Gasteiger partial charge in [-0.1, -0.05) is 6.42 Å². The van der Waals surface area contributed by atoms with Crippen LogP contribution in [0, 0.1) is 10.1 Å². The quantitative estimate of drug-likeness (QED) is 0.473. The van der Waals surface area contributed by atoms with E-state index in [-0.39, 0.29) is 23.1 Å². The summed E-state index contributed by atoms with van der Waals surface area (Å²) in [5.74, 6) is 0.225. The highest BCUT2D eigenvalue weighted by molar-refractivity contribution is 5.98. The molecule has 1 fully saturated rings. The van der Waals surface area contributed by atoms with E-state index >= 15 is 0 Å². The molecule has 0 spiro atoms. The van der Waals surface area contributed by atoms with Crippen molar-refractivity contribution in [3.63, 3.8) is 0 Å². The Morgan fingerprint density at radius 1 is 1.32 bits per heavy atom. The third-order valence-corrected chi connectivity index (χ3v) is 3.40. The van der Waals surface area contributed by atoms with Crippen LogP contribution in [0.15, 0.2) is 18.2 Å². The number of carbonyl (C=O) groups is 1. The first-order chi connectivity index (χ1) is 9.08. The Labute approximate surface area is 111 Å². The lowest BCUT2D eigenvalue weighted by Crippen LogP contribution is -2.19. The molecular weight excluding hydrogens is 246 g/mol. The number of rotatable bonds is 4. The molecule has 0 saturated heterocycles. The second-order valence-corrected chi connectivity index (χ2v) is 4.87. The lowest BCUT2D eigenvalue weighted by atomic mass is 9.98. The molecule has 0 aliphatic heterocycles. The predicted molar refractivity (Wildman–Crippen MR) is 70.6 cm³/mol. The first kappa shape index (κ1) is 13.5. The summed E-state index contributed by atoms with van der Waals surface area (Å²) in [4.78, 5) is 21.8. The van der Waals surface area contributed by atoms with Gasteiger partial charge in [0.2, 0.25) is 0 Å². The first-order valence-corrected chi connectivity index (χ1v) is 6.54. The molecule has 0 bridgehead atoms. The molecule has 1 aromatic carbocycles. The molecule has 5 nitrogen and oxygen atoms in total. The zero-order valence-corrected chi connectivity index (χ0v) is 10.9. The summed E-state index contributed by atoms with van der Waals surface area (Å²) in [7, 11) is 0. The number of ether oxygens (including phenoxy) is 1. The second kappa shape index (κ2) is 5.82. The molecule has 1 aliphatic carbocycles. The predicted octanol–water partition coefficient (Wildman–Crippen LogP) is 3.51. The van der Waals surface area contributed by atoms with Crippen molar-refractivity contribution in [3.05, 3.63) is 33.9 Å². The molecule has 1 aliphatic rings. The van der Waals surface area contributed by atoms with Crippen molar-refractivity contribution < 1.29 is 14.5 Å². The van der Waals surface area contributed by atoms with Gasteiger partial charge in [-0.15, -0.1) is 0 Å². The van der Waals surface area contributed by atoms with Gasteiger partial charge in [0.25, 0.3) is 5.69 Å². The van der Waals surface area contributed by atoms with Gasteiger partial charge in [0.05, 0.1) is 16.6 Å². The number of carbonyl (C=O) groups excluding carboxylic acids is 1. The van der Waals surface area contributed by atoms with Gasteiger partial charge in [-0.05, 0) is 44.7 Å². The summed E-state index contributed by atoms with van der Waals surface area (Å²) in [6.45, 7) is 1.33. The van der Waals surface area contributed by atoms with Crippen LogP contribution < -0.4 is 4.74 Å². The highest BCUT2D eigenvalue weighted by Crippen LogP contribution is 2.28. The van der Waals surface area contributed by atoms with E-state index in [4.69, 9.17) is 4.74 Å². The topological polar surface area (TPSA) is 69.4 Å². The molecule has 0 radical (unpaired) electrons. The lowest BCUT2D eigenvalue weighted by molar-refractivity contribution is -0.385. The monoisotopic (exact) mass is 263 g/mol. The maximum absolute atomic E-state index is 11.5. The van der Waals surface area contributed by atoms with Gasteiger partial charge in [0.15, 0.2) is 5.78 Å². The fourth-order valence-corrected chi connectivity index (χ4v) is 2.41. The average Bonchev–Trinajstić information content (AvgIpc) is 2.39. The van der Waals surface area contributed by atoms with Gasteiger partial charge in [-0.3, -0.25) is 14.9 Å². The van der Waals surface area contributed by atoms with Crippen molar-refractivity contribution in [2.24, 2.45) is 0 Å². The number of hydrogen-bond acceptors (Lipinski definition) is 4. The SMILES string of the molecule is CC(=O)c1cc(OC2CCCCC2)ccc1[N+](=O)[O-]. The Morgan fingerprint density at radius 3 is 2.58 bits per heavy atom. The van der Waals surface area contributed by atoms with E-state index in [1.165, 1.54) is 25.5 Å². The Hall–Kier alpha value is -1.91. The van der Waals surface area contributed by atoms with Crippen LogP contribution in [-0.4, -0.2) is 16.8 Å². The van der Waals surface area contributed by atoms with Crippen LogP contribution in [0.25, 0.3) is 0 Å². The average molecular weight is 263 g/mol. The first-order valence-electron chi connectivity index (χ1n) is 6.54. The van der Waals surface area contributed by atoms with Crippen LogP contribution in [0.2, 0.25) is 0 Å². The third-order valence-electron chi connectivity index (χ3n) is 3.40. The van der Waals surface area contributed by atoms with E-state index in [2.05, 4.69) is 0 Å². The van der Waals surface area contributed by atoms with E-state index in [1.54, 1.807) is 6.07 Å². The van der Waals surface area contributed by atoms with Crippen LogP contribution in [0.4, 0.5) is 5.69 Å². The molecule has 0 unspecified atom stereocenters. The van der Waals surface area contributed by atoms with Crippen LogP contribution in [0.1, 0.15) is 49.4 Å². The summed E-state index contributed by atoms with van der Waals surface area (Å²) in [5, 5.41) is 10.8. The lowest BCUT2D eigenvalue weighted by Gasteiger charge is -2.23. The van der Waals surface area contributed by atoms with Crippen molar-refractivity contribution >= 4 is 11.5 Å². The minimum absolute atomic E-state index is 0.110. The number of nitrogens with zero attached hydrogens (tertiary/aromatic N) is 1. The van der Waals surface area contributed by atoms with Gasteiger partial charge in [0.1, 0.15) is 5.75 Å². The third kappa shape index (κ3) is 3.30. The second-order valence-electron chi connectivity index (χ2n) is 4.87. The van der Waals surface area contributed by atoms with Crippen LogP contribution >= 0.6 is 0 Å². The molecule has 19 heavy (non-hydrogen) atoms. The maximum Gasteiger partial charge on any atom is 0.280 e. The van der Waals surface area contributed by atoms with E-state index in [1.807, 2.05) is 0 Å². The van der Waals surface area contributed by atoms with Crippen LogP contribution in [0.5, 0.6) is 5.75 Å². The van der Waals surface area contributed by atoms with E-state index < -0.39 is 4.92 Å². The number of Topliss-reactive ketones (excluding diaryl/α,β-unsaturated/α-hetero) is 1. The Balaban J connectivity index is 2.20. The van der Waals surface area contributed by atoms with Crippen molar-refractivity contribution in [1.82, 2.24) is 0 Å². The fourth-order valence-electron chi connectivity index (χ4n) is 2.41. The van der Waals surface area contributed by atoms with Crippen LogP contribution in [-0.2, 0) is 0 Å². The molecular formula is C14H17NO4. The molecule has 0 heterocycles. The minimum Gasteiger partial charge on any atom is -0.490 e. The van der Waals surface area contributed by atoms with E-state index in [9.17, 15) is 14.9 Å². The molecule has 0 amide bonds. The van der Waals surface area contributed by atoms with E-state index in [0.29, 0.717) is 5.75 Å². The summed E-state index contributed by atoms with van der Waals surface area (Å²) in [6, 6.07) is 4.39. The minimum atomic E-state index is -0.541. The number of ketones is 1. The zero-order valence-electron chi connectivity index (χ0n) is 10.9. The van der Waals surface area contributed by atoms with Gasteiger partial charge < -0.3 is 4.74 Å². The Morgan fingerprint density at radius 2 is 2.00 bits per heavy atom. The fraction of sp³-hybridized carbons (Fsp3) is 0.500. The van der Waals surface area contributed by atoms with Crippen LogP contribution in [0.3, 0.4) is 0 Å². The van der Waals surface area contributed by atoms with Gasteiger partial charge in [-0.2, -0.15) is 0 Å². The molecule has 1 saturated carbocycles. The van der Waals surface area contributed by atoms with Crippen molar-refractivity contribution in [1.29, 1.82) is 0 Å². The number of benzene rings is 1. The highest BCUT2D eigenvalue weighted by Gasteiger charge is 2.20. The highest BCUT2D eigenvalue weighted by atomic mass is 16.6. The molecule has 5 heteroatoms. The zero-order chi connectivity index (χ0) is 13.8. The summed E-state index contributed by atoms with van der Waals surface area (Å²) in [5.41, 5.74) is -0.0539. The van der Waals surface area contributed by atoms with Crippen molar-refractivity contribution in [2.45, 2.75) is 45.1 Å². The van der Waals surface area contributed by atoms with Gasteiger partial charge in [0, 0.05) is 6.07 Å². The summed E-state index contributed by atoms with van der Waals surface area (Å²) >= 11 is 0. The largest absolute Gasteiger partial charge is 0.490 e. The number of nitro benzene ring substituents is 1. The normalized spacial score (nSPS) is 16.1.